The van der Waals surface area contributed by atoms with E-state index in [1.807, 2.05) is 72.7 Å². The fraction of sp³-hybridized carbons (Fsp3) is 0.683. The van der Waals surface area contributed by atoms with Gasteiger partial charge in [-0.2, -0.15) is 0 Å². The Labute approximate surface area is 340 Å². The zero-order chi connectivity index (χ0) is 38.3. The summed E-state index contributed by atoms with van der Waals surface area (Å²) >= 11 is 0. The van der Waals surface area contributed by atoms with Gasteiger partial charge < -0.3 is 29.4 Å². The van der Waals surface area contributed by atoms with Gasteiger partial charge in [0.15, 0.2) is 0 Å². The number of nitrogens with one attached hydrogen (secondary N) is 2. The van der Waals surface area contributed by atoms with Gasteiger partial charge in [-0.25, -0.2) is 0 Å². The summed E-state index contributed by atoms with van der Waals surface area (Å²) in [6, 6.07) is 10.7. The third-order valence-electron chi connectivity index (χ3n) is 10.6. The fourth-order valence-corrected chi connectivity index (χ4v) is 7.71. The van der Waals surface area contributed by atoms with Crippen LogP contribution in [0.5, 0.6) is 5.75 Å². The molecule has 5 atom stereocenters. The first-order chi connectivity index (χ1) is 24.2. The molecule has 3 N–H and O–H groups in total. The van der Waals surface area contributed by atoms with E-state index in [1.165, 1.54) is 19.3 Å². The van der Waals surface area contributed by atoms with Crippen LogP contribution < -0.4 is 15.4 Å². The van der Waals surface area contributed by atoms with Crippen molar-refractivity contribution in [3.8, 4) is 5.75 Å². The Bertz CT molecular complexity index is 1460. The minimum atomic E-state index is -0.608. The molecule has 10 nitrogen and oxygen atoms in total. The number of ether oxygens (including phenoxy) is 2. The number of hydrogen-bond acceptors (Lipinski definition) is 9. The van der Waals surface area contributed by atoms with Gasteiger partial charge in [-0.05, 0) is 154 Å². The van der Waals surface area contributed by atoms with E-state index < -0.39 is 11.6 Å². The van der Waals surface area contributed by atoms with Crippen LogP contribution in [0.1, 0.15) is 123 Å². The second kappa shape index (κ2) is 20.2. The molecule has 54 heavy (non-hydrogen) atoms. The van der Waals surface area contributed by atoms with Gasteiger partial charge in [0.05, 0.1) is 11.3 Å². The second-order valence-corrected chi connectivity index (χ2v) is 18.0. The summed E-state index contributed by atoms with van der Waals surface area (Å²) < 4.78 is 16.9. The molecule has 4 unspecified atom stereocenters. The molecular formula is C41H64B2N4O6Zn. The molecule has 0 spiro atoms. The molecule has 3 aliphatic carbocycles. The van der Waals surface area contributed by atoms with Gasteiger partial charge in [0.25, 0.3) is 5.91 Å². The molecule has 3 saturated carbocycles. The van der Waals surface area contributed by atoms with E-state index in [0.717, 1.165) is 63.3 Å². The largest absolute Gasteiger partial charge is 0.488 e. The number of benzene rings is 1. The molecule has 1 saturated heterocycles. The van der Waals surface area contributed by atoms with Gasteiger partial charge in [-0.1, -0.05) is 26.0 Å². The van der Waals surface area contributed by atoms with Gasteiger partial charge in [0.1, 0.15) is 23.0 Å². The molecule has 4 aliphatic rings. The minimum Gasteiger partial charge on any atom is -0.488 e. The Hall–Kier alpha value is -2.30. The molecule has 4 fully saturated rings. The van der Waals surface area contributed by atoms with Gasteiger partial charge in [0, 0.05) is 58.8 Å². The maximum absolute atomic E-state index is 13.1. The molecule has 2 aromatic rings. The number of carbonyl (C=O) groups is 2. The number of carbonyl (C=O) groups excluding carboxylic acids is 2. The summed E-state index contributed by atoms with van der Waals surface area (Å²) in [5.41, 5.74) is 1.73. The summed E-state index contributed by atoms with van der Waals surface area (Å²) in [5, 5.41) is 15.1. The third-order valence-corrected chi connectivity index (χ3v) is 10.6. The average molecular weight is 796 g/mol. The first-order valence-electron chi connectivity index (χ1n) is 19.1. The van der Waals surface area contributed by atoms with E-state index in [-0.39, 0.29) is 57.0 Å². The Morgan fingerprint density at radius 3 is 2.15 bits per heavy atom. The molecular weight excluding hydrogens is 731 g/mol. The zero-order valence-electron chi connectivity index (χ0n) is 34.7. The number of likely N-dealkylation sites (tertiary alicyclic amines) is 1. The van der Waals surface area contributed by atoms with Gasteiger partial charge in [-0.15, -0.1) is 0 Å². The van der Waals surface area contributed by atoms with Crippen molar-refractivity contribution < 1.29 is 48.2 Å². The number of esters is 1. The summed E-state index contributed by atoms with van der Waals surface area (Å²) in [5.74, 6) is 1.91. The number of hydrogen-bond donors (Lipinski definition) is 3. The van der Waals surface area contributed by atoms with E-state index in [4.69, 9.17) is 19.2 Å². The van der Waals surface area contributed by atoms with Crippen molar-refractivity contribution in [3.63, 3.8) is 0 Å². The summed E-state index contributed by atoms with van der Waals surface area (Å²) in [6.45, 7) is 23.8. The van der Waals surface area contributed by atoms with E-state index in [0.29, 0.717) is 29.6 Å². The Kier molecular flexibility index (Phi) is 17.9. The smallest absolute Gasteiger partial charge is 0.485 e. The molecule has 1 amide bonds. The number of pyridine rings is 1. The molecule has 6 rings (SSSR count). The van der Waals surface area contributed by atoms with Crippen molar-refractivity contribution >= 4 is 28.0 Å². The Morgan fingerprint density at radius 1 is 1.00 bits per heavy atom. The number of nitrogens with zero attached hydrogens (tertiary/aromatic N) is 2. The molecule has 1 aliphatic heterocycles. The summed E-state index contributed by atoms with van der Waals surface area (Å²) in [4.78, 5) is 32.8. The van der Waals surface area contributed by atoms with Crippen LogP contribution >= 0.6 is 0 Å². The van der Waals surface area contributed by atoms with Crippen LogP contribution in [0.25, 0.3) is 0 Å². The molecule has 2 bridgehead atoms. The summed E-state index contributed by atoms with van der Waals surface area (Å²) in [7, 11) is 0.859. The van der Waals surface area contributed by atoms with Crippen LogP contribution in [-0.4, -0.2) is 91.4 Å². The first-order valence-corrected chi connectivity index (χ1v) is 19.1. The Balaban J connectivity index is 0.000000564. The topological polar surface area (TPSA) is 122 Å². The van der Waals surface area contributed by atoms with Gasteiger partial charge in [0.2, 0.25) is 0 Å². The molecule has 2 heterocycles. The Morgan fingerprint density at radius 2 is 1.61 bits per heavy atom. The van der Waals surface area contributed by atoms with Crippen molar-refractivity contribution in [2.45, 2.75) is 143 Å². The van der Waals surface area contributed by atoms with Gasteiger partial charge >= 0.3 is 13.7 Å². The van der Waals surface area contributed by atoms with Gasteiger partial charge in [-0.3, -0.25) is 19.9 Å². The van der Waals surface area contributed by atoms with Crippen molar-refractivity contribution in [3.05, 3.63) is 59.4 Å². The summed E-state index contributed by atoms with van der Waals surface area (Å²) in [6.07, 6.45) is 8.07. The second-order valence-electron chi connectivity index (χ2n) is 18.0. The predicted molar refractivity (Wildman–Crippen MR) is 212 cm³/mol. The standard InChI is InChI=1S/C31H46N4O4.C10H18BO2.B.Zn/c1-22(21-35-16-8-9-17-35)34-28(36)24-14-15-32-25(19-24)20-33-27(29(37)39-31(5,6)7)18-23-10-12-26(13-11-23)38-30(2,3)4;1-9(2)7-4-8(9)6-10(3,5-7)13-11-12;;/h10-15,19,22,27,33H,8-9,16-18,20-21H2,1-7H3,(H,34,36);7-8,12H,4-6H2,1-3H3;;/t;7-,8?,10?;;/m.0../s1. The normalized spacial score (nSPS) is 22.8. The molecule has 1 aromatic heterocycles. The monoisotopic (exact) mass is 794 g/mol. The molecule has 4 radical (unpaired) electrons. The van der Waals surface area contributed by atoms with E-state index >= 15 is 0 Å². The van der Waals surface area contributed by atoms with Crippen LogP contribution in [0.2, 0.25) is 0 Å². The van der Waals surface area contributed by atoms with E-state index in [1.54, 1.807) is 18.3 Å². The molecule has 13 heteroatoms. The fourth-order valence-electron chi connectivity index (χ4n) is 7.71. The van der Waals surface area contributed by atoms with Crippen molar-refractivity contribution in [2.24, 2.45) is 17.3 Å². The maximum Gasteiger partial charge on any atom is 0.485 e. The van der Waals surface area contributed by atoms with Crippen molar-refractivity contribution in [1.82, 2.24) is 20.5 Å². The van der Waals surface area contributed by atoms with Crippen LogP contribution in [0, 0.1) is 17.3 Å². The SMILES string of the molecule is CC(CN1CCCC1)NC(=O)c1ccnc(CNC(Cc2ccc(OC(C)(C)C)cc2)C(=O)OC(C)(C)C)c1.CC1(O[B]O)CC2C[C@@H](C1)C2(C)C.[B].[Zn]. The molecule has 1 aromatic carbocycles. The van der Waals surface area contributed by atoms with Crippen LogP contribution in [-0.2, 0) is 46.6 Å². The predicted octanol–water partition coefficient (Wildman–Crippen LogP) is 5.88. The van der Waals surface area contributed by atoms with Crippen LogP contribution in [0.15, 0.2) is 42.6 Å². The number of amides is 1. The zero-order valence-corrected chi connectivity index (χ0v) is 37.6. The van der Waals surface area contributed by atoms with E-state index in [9.17, 15) is 9.59 Å². The van der Waals surface area contributed by atoms with Crippen molar-refractivity contribution in [1.29, 1.82) is 0 Å². The van der Waals surface area contributed by atoms with Crippen LogP contribution in [0.4, 0.5) is 0 Å². The quantitative estimate of drug-likeness (QED) is 0.169. The van der Waals surface area contributed by atoms with Crippen molar-refractivity contribution in [2.75, 3.05) is 19.6 Å². The van der Waals surface area contributed by atoms with E-state index in [2.05, 4.69) is 41.3 Å². The minimum absolute atomic E-state index is 0. The molecule has 292 valence electrons. The number of fused-ring (bicyclic) bond motifs is 2. The maximum atomic E-state index is 13.1. The average Bonchev–Trinajstić information content (AvgIpc) is 3.55. The third kappa shape index (κ3) is 14.7. The first kappa shape index (κ1) is 47.9. The van der Waals surface area contributed by atoms with Crippen LogP contribution in [0.3, 0.4) is 0 Å². The number of aromatic nitrogens is 1. The number of rotatable bonds is 13.